The van der Waals surface area contributed by atoms with Crippen molar-refractivity contribution in [1.29, 1.82) is 0 Å². The van der Waals surface area contributed by atoms with Crippen molar-refractivity contribution in [3.63, 3.8) is 0 Å². The quantitative estimate of drug-likeness (QED) is 0.468. The molecule has 3 aromatic carbocycles. The Labute approximate surface area is 186 Å². The van der Waals surface area contributed by atoms with Crippen molar-refractivity contribution in [2.24, 2.45) is 0 Å². The molecule has 1 amide bonds. The first kappa shape index (κ1) is 19.9. The smallest absolute Gasteiger partial charge is 0.255 e. The second-order valence-corrected chi connectivity index (χ2v) is 7.87. The zero-order valence-corrected chi connectivity index (χ0v) is 18.2. The summed E-state index contributed by atoms with van der Waals surface area (Å²) in [6.07, 6.45) is 0. The van der Waals surface area contributed by atoms with Crippen LogP contribution in [0.5, 0.6) is 5.75 Å². The van der Waals surface area contributed by atoms with Crippen molar-refractivity contribution in [2.45, 2.75) is 19.9 Å². The monoisotopic (exact) mass is 424 g/mol. The number of benzene rings is 3. The second kappa shape index (κ2) is 7.89. The summed E-state index contributed by atoms with van der Waals surface area (Å²) < 4.78 is 7.54. The molecule has 1 aliphatic heterocycles. The van der Waals surface area contributed by atoms with E-state index in [1.165, 1.54) is 0 Å². The first-order valence-electron chi connectivity index (χ1n) is 10.5. The minimum atomic E-state index is -0.324. The fourth-order valence-corrected chi connectivity index (χ4v) is 4.38. The number of fused-ring (bicyclic) bond motifs is 3. The van der Waals surface area contributed by atoms with Gasteiger partial charge in [-0.3, -0.25) is 9.36 Å². The summed E-state index contributed by atoms with van der Waals surface area (Å²) in [5.74, 6) is 1.16. The molecule has 160 valence electrons. The zero-order valence-electron chi connectivity index (χ0n) is 18.2. The van der Waals surface area contributed by atoms with Crippen molar-refractivity contribution in [2.75, 3.05) is 17.7 Å². The number of allylic oxidation sites excluding steroid dienone is 1. The Bertz CT molecular complexity index is 1370. The highest BCUT2D eigenvalue weighted by molar-refractivity contribution is 6.07. The Balaban J connectivity index is 1.68. The summed E-state index contributed by atoms with van der Waals surface area (Å²) >= 11 is 0. The third kappa shape index (κ3) is 3.21. The summed E-state index contributed by atoms with van der Waals surface area (Å²) in [6.45, 7) is 3.99. The first-order valence-corrected chi connectivity index (χ1v) is 10.5. The molecule has 0 spiro atoms. The average Bonchev–Trinajstić information content (AvgIpc) is 3.16. The zero-order chi connectivity index (χ0) is 22.2. The number of aryl methyl sites for hydroxylation is 1. The van der Waals surface area contributed by atoms with Crippen LogP contribution in [0.15, 0.2) is 84.1 Å². The highest BCUT2D eigenvalue weighted by Crippen LogP contribution is 2.40. The number of para-hydroxylation sites is 4. The molecule has 4 aromatic rings. The van der Waals surface area contributed by atoms with Crippen LogP contribution >= 0.6 is 0 Å². The molecule has 32 heavy (non-hydrogen) atoms. The van der Waals surface area contributed by atoms with Crippen molar-refractivity contribution in [1.82, 2.24) is 9.55 Å². The SMILES string of the molecule is COc1ccccc1NC(=O)C1=C(C)Nc2nc3ccccc3n2C1c1ccccc1C. The number of methoxy groups -OCH3 is 1. The maximum Gasteiger partial charge on any atom is 0.255 e. The minimum Gasteiger partial charge on any atom is -0.495 e. The van der Waals surface area contributed by atoms with Gasteiger partial charge >= 0.3 is 0 Å². The number of hydrogen-bond acceptors (Lipinski definition) is 4. The number of hydrogen-bond donors (Lipinski definition) is 2. The van der Waals surface area contributed by atoms with Crippen molar-refractivity contribution >= 4 is 28.6 Å². The number of rotatable bonds is 4. The average molecular weight is 425 g/mol. The molecule has 0 bridgehead atoms. The summed E-state index contributed by atoms with van der Waals surface area (Å²) in [4.78, 5) is 18.5. The van der Waals surface area contributed by atoms with Gasteiger partial charge in [0.05, 0.1) is 35.4 Å². The maximum absolute atomic E-state index is 13.7. The van der Waals surface area contributed by atoms with Crippen molar-refractivity contribution in [3.05, 3.63) is 95.2 Å². The van der Waals surface area contributed by atoms with E-state index in [1.54, 1.807) is 7.11 Å². The molecular formula is C26H24N4O2. The predicted molar refractivity (Wildman–Crippen MR) is 127 cm³/mol. The number of nitrogens with one attached hydrogen (secondary N) is 2. The van der Waals surface area contributed by atoms with Crippen LogP contribution in [0.3, 0.4) is 0 Å². The van der Waals surface area contributed by atoms with E-state index >= 15 is 0 Å². The van der Waals surface area contributed by atoms with Gasteiger partial charge in [-0.15, -0.1) is 0 Å². The molecule has 2 N–H and O–H groups in total. The third-order valence-electron chi connectivity index (χ3n) is 5.91. The van der Waals surface area contributed by atoms with Crippen molar-refractivity contribution < 1.29 is 9.53 Å². The Morgan fingerprint density at radius 1 is 1.00 bits per heavy atom. The fraction of sp³-hybridized carbons (Fsp3) is 0.154. The molecule has 5 rings (SSSR count). The molecule has 0 fully saturated rings. The first-order chi connectivity index (χ1) is 15.6. The summed E-state index contributed by atoms with van der Waals surface area (Å²) in [5, 5.41) is 6.41. The summed E-state index contributed by atoms with van der Waals surface area (Å²) in [6, 6.07) is 23.2. The van der Waals surface area contributed by atoms with E-state index in [0.29, 0.717) is 17.0 Å². The molecule has 2 heterocycles. The molecule has 1 atom stereocenters. The highest BCUT2D eigenvalue weighted by Gasteiger charge is 2.35. The number of imidazole rings is 1. The second-order valence-electron chi connectivity index (χ2n) is 7.87. The fourth-order valence-electron chi connectivity index (χ4n) is 4.38. The van der Waals surface area contributed by atoms with E-state index in [0.717, 1.165) is 33.8 Å². The van der Waals surface area contributed by atoms with Gasteiger partial charge in [0.1, 0.15) is 5.75 Å². The van der Waals surface area contributed by atoms with E-state index in [1.807, 2.05) is 67.6 Å². The number of amides is 1. The van der Waals surface area contributed by atoms with Crippen LogP contribution in [0.25, 0.3) is 11.0 Å². The predicted octanol–water partition coefficient (Wildman–Crippen LogP) is 5.28. The van der Waals surface area contributed by atoms with Gasteiger partial charge in [0.2, 0.25) is 5.95 Å². The van der Waals surface area contributed by atoms with Gasteiger partial charge in [-0.2, -0.15) is 0 Å². The maximum atomic E-state index is 13.7. The number of aromatic nitrogens is 2. The van der Waals surface area contributed by atoms with Gasteiger partial charge in [0.25, 0.3) is 5.91 Å². The van der Waals surface area contributed by atoms with E-state index in [-0.39, 0.29) is 11.9 Å². The lowest BCUT2D eigenvalue weighted by molar-refractivity contribution is -0.113. The number of carbonyl (C=O) groups is 1. The lowest BCUT2D eigenvalue weighted by Gasteiger charge is -2.31. The molecule has 6 heteroatoms. The van der Waals surface area contributed by atoms with Crippen LogP contribution in [-0.4, -0.2) is 22.6 Å². The molecule has 1 unspecified atom stereocenters. The van der Waals surface area contributed by atoms with Gasteiger partial charge in [0, 0.05) is 5.70 Å². The minimum absolute atomic E-state index is 0.184. The van der Waals surface area contributed by atoms with E-state index < -0.39 is 0 Å². The molecule has 1 aliphatic rings. The van der Waals surface area contributed by atoms with Crippen molar-refractivity contribution in [3.8, 4) is 5.75 Å². The Hall–Kier alpha value is -4.06. The highest BCUT2D eigenvalue weighted by atomic mass is 16.5. The molecule has 0 radical (unpaired) electrons. The van der Waals surface area contributed by atoms with Gasteiger partial charge in [-0.25, -0.2) is 4.98 Å². The number of anilines is 2. The van der Waals surface area contributed by atoms with Gasteiger partial charge in [-0.05, 0) is 49.2 Å². The van der Waals surface area contributed by atoms with Gasteiger partial charge in [-0.1, -0.05) is 48.5 Å². The van der Waals surface area contributed by atoms with Crippen LogP contribution in [0.4, 0.5) is 11.6 Å². The largest absolute Gasteiger partial charge is 0.495 e. The lowest BCUT2D eigenvalue weighted by Crippen LogP contribution is -2.31. The molecule has 1 aromatic heterocycles. The normalized spacial score (nSPS) is 15.3. The Morgan fingerprint density at radius 2 is 1.72 bits per heavy atom. The van der Waals surface area contributed by atoms with E-state index in [9.17, 15) is 4.79 Å². The standard InChI is InChI=1S/C26H24N4O2/c1-16-10-4-5-11-18(16)24-23(25(31)28-20-13-7-9-15-22(20)32-3)17(2)27-26-29-19-12-6-8-14-21(19)30(24)26/h4-15,24H,1-3H3,(H,27,29)(H,28,31). The lowest BCUT2D eigenvalue weighted by atomic mass is 9.91. The van der Waals surface area contributed by atoms with E-state index in [4.69, 9.17) is 9.72 Å². The molecule has 0 saturated carbocycles. The molecular weight excluding hydrogens is 400 g/mol. The molecule has 0 saturated heterocycles. The van der Waals surface area contributed by atoms with Crippen LogP contribution in [-0.2, 0) is 4.79 Å². The molecule has 0 aliphatic carbocycles. The Kier molecular flexibility index (Phi) is 4.90. The van der Waals surface area contributed by atoms with Crippen LogP contribution < -0.4 is 15.4 Å². The molecule has 6 nitrogen and oxygen atoms in total. The summed E-state index contributed by atoms with van der Waals surface area (Å²) in [7, 11) is 1.59. The third-order valence-corrected chi connectivity index (χ3v) is 5.91. The van der Waals surface area contributed by atoms with Crippen LogP contribution in [0.1, 0.15) is 24.1 Å². The number of carbonyl (C=O) groups excluding carboxylic acids is 1. The van der Waals surface area contributed by atoms with Crippen LogP contribution in [0, 0.1) is 6.92 Å². The van der Waals surface area contributed by atoms with Crippen LogP contribution in [0.2, 0.25) is 0 Å². The Morgan fingerprint density at radius 3 is 2.53 bits per heavy atom. The van der Waals surface area contributed by atoms with E-state index in [2.05, 4.69) is 34.3 Å². The van der Waals surface area contributed by atoms with Gasteiger partial charge in [0.15, 0.2) is 0 Å². The number of ether oxygens (including phenoxy) is 1. The summed E-state index contributed by atoms with van der Waals surface area (Å²) in [5.41, 5.74) is 6.06. The van der Waals surface area contributed by atoms with Gasteiger partial charge < -0.3 is 15.4 Å². The number of nitrogens with zero attached hydrogens (tertiary/aromatic N) is 2. The topological polar surface area (TPSA) is 68.2 Å².